The zero-order chi connectivity index (χ0) is 20.2. The van der Waals surface area contributed by atoms with E-state index in [1.54, 1.807) is 4.90 Å². The topological polar surface area (TPSA) is 60.9 Å². The van der Waals surface area contributed by atoms with Gasteiger partial charge in [-0.1, -0.05) is 60.7 Å². The maximum absolute atomic E-state index is 13.4. The average Bonchev–Trinajstić information content (AvgIpc) is 3.02. The first-order valence-corrected chi connectivity index (χ1v) is 10.1. The Morgan fingerprint density at radius 2 is 1.79 bits per heavy atom. The Bertz CT molecular complexity index is 1000. The summed E-state index contributed by atoms with van der Waals surface area (Å²) < 4.78 is 0. The number of benzene rings is 2. The highest BCUT2D eigenvalue weighted by molar-refractivity contribution is 6.09. The van der Waals surface area contributed by atoms with Gasteiger partial charge in [-0.05, 0) is 23.6 Å². The van der Waals surface area contributed by atoms with Crippen LogP contribution in [0.5, 0.6) is 0 Å². The lowest BCUT2D eigenvalue weighted by atomic mass is 9.75. The number of fused-ring (bicyclic) bond motifs is 4. The molecule has 2 heterocycles. The minimum atomic E-state index is -0.784. The number of para-hydroxylation sites is 1. The first-order valence-electron chi connectivity index (χ1n) is 10.1. The predicted octanol–water partition coefficient (Wildman–Crippen LogP) is 2.50. The van der Waals surface area contributed by atoms with Gasteiger partial charge in [0, 0.05) is 37.8 Å². The van der Waals surface area contributed by atoms with Gasteiger partial charge >= 0.3 is 0 Å². The van der Waals surface area contributed by atoms with Gasteiger partial charge in [-0.15, -0.1) is 0 Å². The zero-order valence-electron chi connectivity index (χ0n) is 16.4. The molecule has 5 nitrogen and oxygen atoms in total. The van der Waals surface area contributed by atoms with Gasteiger partial charge in [0.25, 0.3) is 0 Å². The largest absolute Gasteiger partial charge is 0.396 e. The fraction of sp³-hybridized carbons (Fsp3) is 0.333. The molecule has 0 radical (unpaired) electrons. The Labute approximate surface area is 170 Å². The Morgan fingerprint density at radius 1 is 1.07 bits per heavy atom. The summed E-state index contributed by atoms with van der Waals surface area (Å²) in [7, 11) is 1.81. The molecule has 2 bridgehead atoms. The number of rotatable bonds is 3. The molecule has 1 N–H and O–H groups in total. The molecule has 3 aliphatic rings. The van der Waals surface area contributed by atoms with Crippen molar-refractivity contribution in [3.8, 4) is 0 Å². The summed E-state index contributed by atoms with van der Waals surface area (Å²) in [5.41, 5.74) is 2.17. The van der Waals surface area contributed by atoms with Crippen LogP contribution in [0, 0.1) is 11.8 Å². The standard InChI is InChI=1S/C24H24N2O3/c1-25-20-10-6-5-9-19(20)24(23(25)29)12-11-17-18(15-27)21(13-24)26(22(17)28)14-16-7-3-2-4-8-16/h2-12,17-18,21,27H,13-15H2,1H3/t17-,18+,21+,24?/m0/s1. The van der Waals surface area contributed by atoms with Crippen LogP contribution in [0.1, 0.15) is 17.5 Å². The highest BCUT2D eigenvalue weighted by atomic mass is 16.3. The van der Waals surface area contributed by atoms with Crippen LogP contribution in [-0.2, 0) is 21.5 Å². The van der Waals surface area contributed by atoms with Gasteiger partial charge in [-0.3, -0.25) is 9.59 Å². The number of aliphatic hydroxyl groups excluding tert-OH is 1. The molecule has 1 fully saturated rings. The third kappa shape index (κ3) is 2.50. The number of hydrogen-bond acceptors (Lipinski definition) is 3. The van der Waals surface area contributed by atoms with Gasteiger partial charge < -0.3 is 14.9 Å². The summed E-state index contributed by atoms with van der Waals surface area (Å²) in [6.07, 6.45) is 4.30. The highest BCUT2D eigenvalue weighted by Gasteiger charge is 2.57. The molecule has 0 aromatic heterocycles. The van der Waals surface area contributed by atoms with Crippen molar-refractivity contribution in [2.45, 2.75) is 24.4 Å². The Morgan fingerprint density at radius 3 is 2.55 bits per heavy atom. The molecule has 5 heteroatoms. The van der Waals surface area contributed by atoms with Crippen molar-refractivity contribution >= 4 is 17.5 Å². The fourth-order valence-electron chi connectivity index (χ4n) is 5.40. The van der Waals surface area contributed by atoms with E-state index < -0.39 is 5.41 Å². The van der Waals surface area contributed by atoms with Gasteiger partial charge in [0.2, 0.25) is 11.8 Å². The van der Waals surface area contributed by atoms with Crippen LogP contribution in [-0.4, -0.2) is 41.5 Å². The smallest absolute Gasteiger partial charge is 0.241 e. The summed E-state index contributed by atoms with van der Waals surface area (Å²) in [6, 6.07) is 17.6. The first kappa shape index (κ1) is 18.1. The van der Waals surface area contributed by atoms with Gasteiger partial charge in [0.05, 0.1) is 11.3 Å². The molecule has 0 saturated carbocycles. The molecular weight excluding hydrogens is 364 g/mol. The van der Waals surface area contributed by atoms with Gasteiger partial charge in [0.1, 0.15) is 0 Å². The number of anilines is 1. The van der Waals surface area contributed by atoms with E-state index in [1.807, 2.05) is 78.7 Å². The monoisotopic (exact) mass is 388 g/mol. The molecule has 2 amide bonds. The third-order valence-electron chi connectivity index (χ3n) is 6.88. The molecule has 29 heavy (non-hydrogen) atoms. The van der Waals surface area contributed by atoms with Crippen molar-refractivity contribution in [2.75, 3.05) is 18.6 Å². The summed E-state index contributed by atoms with van der Waals surface area (Å²) in [6.45, 7) is 0.422. The number of likely N-dealkylation sites (tertiary alicyclic amines) is 1. The molecular formula is C24H24N2O3. The van der Waals surface area contributed by atoms with E-state index in [1.165, 1.54) is 0 Å². The van der Waals surface area contributed by atoms with Crippen LogP contribution in [0.15, 0.2) is 66.7 Å². The second-order valence-electron chi connectivity index (χ2n) is 8.31. The van der Waals surface area contributed by atoms with Crippen molar-refractivity contribution in [1.82, 2.24) is 4.90 Å². The Kier molecular flexibility index (Phi) is 4.10. The van der Waals surface area contributed by atoms with Gasteiger partial charge in [-0.25, -0.2) is 0 Å². The molecule has 148 valence electrons. The van der Waals surface area contributed by atoms with Gasteiger partial charge in [-0.2, -0.15) is 0 Å². The van der Waals surface area contributed by atoms with Crippen molar-refractivity contribution in [1.29, 1.82) is 0 Å². The van der Waals surface area contributed by atoms with Crippen molar-refractivity contribution in [3.63, 3.8) is 0 Å². The van der Waals surface area contributed by atoms with E-state index in [0.717, 1.165) is 16.8 Å². The molecule has 1 spiro atoms. The van der Waals surface area contributed by atoms with E-state index in [4.69, 9.17) is 0 Å². The number of carbonyl (C=O) groups excluding carboxylic acids is 2. The van der Waals surface area contributed by atoms with Crippen LogP contribution in [0.2, 0.25) is 0 Å². The molecule has 1 aliphatic carbocycles. The lowest BCUT2D eigenvalue weighted by molar-refractivity contribution is -0.132. The quantitative estimate of drug-likeness (QED) is 0.822. The van der Waals surface area contributed by atoms with Crippen LogP contribution >= 0.6 is 0 Å². The molecule has 2 aliphatic heterocycles. The SMILES string of the molecule is CN1C(=O)C2(C=C[C@@H]3C(=O)N(Cc4ccccc4)[C@H](C2)[C@@H]3CO)c2ccccc21. The maximum atomic E-state index is 13.4. The average molecular weight is 388 g/mol. The second kappa shape index (κ2) is 6.56. The summed E-state index contributed by atoms with van der Waals surface area (Å²) in [5.74, 6) is -0.519. The van der Waals surface area contributed by atoms with Crippen LogP contribution in [0.3, 0.4) is 0 Å². The molecule has 5 rings (SSSR count). The summed E-state index contributed by atoms with van der Waals surface area (Å²) >= 11 is 0. The number of nitrogens with zero attached hydrogens (tertiary/aromatic N) is 2. The third-order valence-corrected chi connectivity index (χ3v) is 6.88. The normalized spacial score (nSPS) is 30.2. The second-order valence-corrected chi connectivity index (χ2v) is 8.31. The number of carbonyl (C=O) groups is 2. The number of aliphatic hydroxyl groups is 1. The molecule has 2 aromatic carbocycles. The Hall–Kier alpha value is -2.92. The maximum Gasteiger partial charge on any atom is 0.241 e. The minimum Gasteiger partial charge on any atom is -0.396 e. The van der Waals surface area contributed by atoms with E-state index in [9.17, 15) is 14.7 Å². The zero-order valence-corrected chi connectivity index (χ0v) is 16.4. The van der Waals surface area contributed by atoms with E-state index in [0.29, 0.717) is 13.0 Å². The molecule has 1 unspecified atom stereocenters. The summed E-state index contributed by atoms with van der Waals surface area (Å²) in [5, 5.41) is 10.1. The van der Waals surface area contributed by atoms with E-state index in [-0.39, 0.29) is 36.3 Å². The summed E-state index contributed by atoms with van der Waals surface area (Å²) in [4.78, 5) is 30.2. The van der Waals surface area contributed by atoms with Crippen molar-refractivity contribution in [3.05, 3.63) is 77.9 Å². The number of amides is 2. The van der Waals surface area contributed by atoms with Crippen molar-refractivity contribution < 1.29 is 14.7 Å². The number of likely N-dealkylation sites (N-methyl/N-ethyl adjacent to an activating group) is 1. The first-order chi connectivity index (χ1) is 14.1. The Balaban J connectivity index is 1.59. The van der Waals surface area contributed by atoms with E-state index >= 15 is 0 Å². The van der Waals surface area contributed by atoms with Crippen LogP contribution in [0.25, 0.3) is 0 Å². The lowest BCUT2D eigenvalue weighted by Gasteiger charge is -2.34. The lowest BCUT2D eigenvalue weighted by Crippen LogP contribution is -2.45. The van der Waals surface area contributed by atoms with E-state index in [2.05, 4.69) is 0 Å². The fourth-order valence-corrected chi connectivity index (χ4v) is 5.40. The van der Waals surface area contributed by atoms with Crippen LogP contribution < -0.4 is 4.90 Å². The molecule has 2 aromatic rings. The van der Waals surface area contributed by atoms with Gasteiger partial charge in [0.15, 0.2) is 0 Å². The van der Waals surface area contributed by atoms with Crippen molar-refractivity contribution in [2.24, 2.45) is 11.8 Å². The predicted molar refractivity (Wildman–Crippen MR) is 110 cm³/mol. The minimum absolute atomic E-state index is 0.0336. The highest BCUT2D eigenvalue weighted by Crippen LogP contribution is 2.51. The molecule has 1 saturated heterocycles. The number of hydrogen-bond donors (Lipinski definition) is 1. The van der Waals surface area contributed by atoms with Crippen LogP contribution in [0.4, 0.5) is 5.69 Å². The molecule has 4 atom stereocenters.